The van der Waals surface area contributed by atoms with Crippen LogP contribution in [0.3, 0.4) is 0 Å². The van der Waals surface area contributed by atoms with Gasteiger partial charge in [0.1, 0.15) is 11.3 Å². The second-order valence-corrected chi connectivity index (χ2v) is 4.54. The molecular weight excluding hydrogens is 240 g/mol. The van der Waals surface area contributed by atoms with Crippen LogP contribution in [0.25, 0.3) is 11.1 Å². The first-order valence-corrected chi connectivity index (χ1v) is 6.02. The van der Waals surface area contributed by atoms with E-state index in [2.05, 4.69) is 6.07 Å². The third kappa shape index (κ3) is 2.60. The van der Waals surface area contributed by atoms with Gasteiger partial charge in [-0.2, -0.15) is 0 Å². The summed E-state index contributed by atoms with van der Waals surface area (Å²) in [4.78, 5) is 11.1. The highest BCUT2D eigenvalue weighted by molar-refractivity contribution is 5.92. The Labute approximate surface area is 112 Å². The molecule has 19 heavy (non-hydrogen) atoms. The summed E-state index contributed by atoms with van der Waals surface area (Å²) in [5.41, 5.74) is 4.58. The first-order valence-electron chi connectivity index (χ1n) is 6.02. The van der Waals surface area contributed by atoms with E-state index in [4.69, 9.17) is 9.84 Å². The maximum absolute atomic E-state index is 11.1. The zero-order valence-corrected chi connectivity index (χ0v) is 11.2. The van der Waals surface area contributed by atoms with E-state index in [1.807, 2.05) is 32.0 Å². The molecule has 0 saturated heterocycles. The minimum atomic E-state index is -0.982. The lowest BCUT2D eigenvalue weighted by Gasteiger charge is -2.10. The molecule has 98 valence electrons. The molecule has 0 saturated carbocycles. The molecule has 0 atom stereocenters. The van der Waals surface area contributed by atoms with Gasteiger partial charge in [0.05, 0.1) is 7.11 Å². The largest absolute Gasteiger partial charge is 0.496 e. The maximum Gasteiger partial charge on any atom is 0.339 e. The third-order valence-electron chi connectivity index (χ3n) is 3.12. The number of hydrogen-bond donors (Lipinski definition) is 1. The lowest BCUT2D eigenvalue weighted by Crippen LogP contribution is -2.00. The molecule has 0 amide bonds. The zero-order chi connectivity index (χ0) is 14.0. The summed E-state index contributed by atoms with van der Waals surface area (Å²) in [6, 6.07) is 11.3. The molecule has 0 spiro atoms. The fourth-order valence-electron chi connectivity index (χ4n) is 2.17. The summed E-state index contributed by atoms with van der Waals surface area (Å²) < 4.78 is 5.15. The predicted octanol–water partition coefficient (Wildman–Crippen LogP) is 3.68. The molecule has 3 heteroatoms. The molecule has 0 aliphatic heterocycles. The van der Waals surface area contributed by atoms with Crippen LogP contribution in [0, 0.1) is 13.8 Å². The number of hydrogen-bond acceptors (Lipinski definition) is 2. The first kappa shape index (κ1) is 13.1. The van der Waals surface area contributed by atoms with E-state index in [1.165, 1.54) is 12.7 Å². The lowest BCUT2D eigenvalue weighted by atomic mass is 9.97. The van der Waals surface area contributed by atoms with Crippen LogP contribution in [0.4, 0.5) is 0 Å². The predicted molar refractivity (Wildman–Crippen MR) is 74.9 cm³/mol. The van der Waals surface area contributed by atoms with Crippen molar-refractivity contribution in [2.75, 3.05) is 7.11 Å². The Morgan fingerprint density at radius 1 is 1.11 bits per heavy atom. The van der Waals surface area contributed by atoms with Crippen molar-refractivity contribution in [1.82, 2.24) is 0 Å². The number of benzene rings is 2. The number of aryl methyl sites for hydroxylation is 2. The van der Waals surface area contributed by atoms with Crippen molar-refractivity contribution in [3.63, 3.8) is 0 Å². The topological polar surface area (TPSA) is 46.5 Å². The molecule has 2 aromatic carbocycles. The molecular formula is C16H16O3. The van der Waals surface area contributed by atoms with Gasteiger partial charge in [-0.25, -0.2) is 4.79 Å². The summed E-state index contributed by atoms with van der Waals surface area (Å²) >= 11 is 0. The van der Waals surface area contributed by atoms with Crippen LogP contribution >= 0.6 is 0 Å². The number of methoxy groups -OCH3 is 1. The van der Waals surface area contributed by atoms with E-state index < -0.39 is 5.97 Å². The van der Waals surface area contributed by atoms with Crippen molar-refractivity contribution >= 4 is 5.97 Å². The molecule has 0 aliphatic rings. The number of rotatable bonds is 3. The Morgan fingerprint density at radius 3 is 2.42 bits per heavy atom. The Bertz CT molecular complexity index is 630. The monoisotopic (exact) mass is 256 g/mol. The Morgan fingerprint density at radius 2 is 1.84 bits per heavy atom. The van der Waals surface area contributed by atoms with E-state index in [9.17, 15) is 4.79 Å². The molecule has 1 N–H and O–H groups in total. The van der Waals surface area contributed by atoms with Gasteiger partial charge in [0, 0.05) is 0 Å². The molecule has 0 heterocycles. The van der Waals surface area contributed by atoms with Crippen LogP contribution in [-0.4, -0.2) is 18.2 Å². The van der Waals surface area contributed by atoms with E-state index >= 15 is 0 Å². The van der Waals surface area contributed by atoms with E-state index in [1.54, 1.807) is 12.1 Å². The van der Waals surface area contributed by atoms with Crippen molar-refractivity contribution in [2.45, 2.75) is 13.8 Å². The number of aromatic carboxylic acids is 1. The van der Waals surface area contributed by atoms with Crippen molar-refractivity contribution in [2.24, 2.45) is 0 Å². The maximum atomic E-state index is 11.1. The standard InChI is InChI=1S/C16H16O3/c1-10-4-6-13(11(2)8-10)12-5-7-14(16(17)18)15(9-12)19-3/h4-9H,1-3H3,(H,17,18). The van der Waals surface area contributed by atoms with Crippen molar-refractivity contribution < 1.29 is 14.6 Å². The van der Waals surface area contributed by atoms with E-state index in [-0.39, 0.29) is 5.56 Å². The minimum absolute atomic E-state index is 0.177. The van der Waals surface area contributed by atoms with Crippen LogP contribution < -0.4 is 4.74 Å². The SMILES string of the molecule is COc1cc(-c2ccc(C)cc2C)ccc1C(=O)O. The Balaban J connectivity index is 2.54. The highest BCUT2D eigenvalue weighted by Crippen LogP contribution is 2.29. The molecule has 2 aromatic rings. The Hall–Kier alpha value is -2.29. The van der Waals surface area contributed by atoms with Crippen LogP contribution in [-0.2, 0) is 0 Å². The average molecular weight is 256 g/mol. The zero-order valence-electron chi connectivity index (χ0n) is 11.2. The normalized spacial score (nSPS) is 10.3. The highest BCUT2D eigenvalue weighted by Gasteiger charge is 2.12. The molecule has 0 aromatic heterocycles. The summed E-state index contributed by atoms with van der Waals surface area (Å²) in [7, 11) is 1.48. The van der Waals surface area contributed by atoms with Gasteiger partial charge in [-0.05, 0) is 42.7 Å². The van der Waals surface area contributed by atoms with Crippen molar-refractivity contribution in [1.29, 1.82) is 0 Å². The lowest BCUT2D eigenvalue weighted by molar-refractivity contribution is 0.0693. The van der Waals surface area contributed by atoms with Crippen molar-refractivity contribution in [3.05, 3.63) is 53.1 Å². The summed E-state index contributed by atoms with van der Waals surface area (Å²) in [5.74, 6) is -0.603. The molecule has 3 nitrogen and oxygen atoms in total. The molecule has 0 radical (unpaired) electrons. The minimum Gasteiger partial charge on any atom is -0.496 e. The molecule has 0 unspecified atom stereocenters. The van der Waals surface area contributed by atoms with Gasteiger partial charge in [-0.1, -0.05) is 29.8 Å². The van der Waals surface area contributed by atoms with Gasteiger partial charge in [0.15, 0.2) is 0 Å². The third-order valence-corrected chi connectivity index (χ3v) is 3.12. The molecule has 0 fully saturated rings. The van der Waals surface area contributed by atoms with E-state index in [0.717, 1.165) is 16.7 Å². The van der Waals surface area contributed by atoms with Crippen LogP contribution in [0.1, 0.15) is 21.5 Å². The summed E-state index contributed by atoms with van der Waals surface area (Å²) in [5, 5.41) is 9.07. The first-order chi connectivity index (χ1) is 9.02. The fraction of sp³-hybridized carbons (Fsp3) is 0.188. The average Bonchev–Trinajstić information content (AvgIpc) is 2.37. The van der Waals surface area contributed by atoms with Gasteiger partial charge < -0.3 is 9.84 Å². The van der Waals surface area contributed by atoms with Gasteiger partial charge in [-0.15, -0.1) is 0 Å². The molecule has 0 bridgehead atoms. The number of carboxylic acids is 1. The number of carboxylic acid groups (broad SMARTS) is 1. The summed E-state index contributed by atoms with van der Waals surface area (Å²) in [6.07, 6.45) is 0. The van der Waals surface area contributed by atoms with Gasteiger partial charge in [0.25, 0.3) is 0 Å². The smallest absolute Gasteiger partial charge is 0.339 e. The molecule has 0 aliphatic carbocycles. The second-order valence-electron chi connectivity index (χ2n) is 4.54. The highest BCUT2D eigenvalue weighted by atomic mass is 16.5. The van der Waals surface area contributed by atoms with Gasteiger partial charge in [-0.3, -0.25) is 0 Å². The number of ether oxygens (including phenoxy) is 1. The second kappa shape index (κ2) is 5.14. The van der Waals surface area contributed by atoms with Gasteiger partial charge in [0.2, 0.25) is 0 Å². The van der Waals surface area contributed by atoms with Crippen LogP contribution in [0.2, 0.25) is 0 Å². The Kier molecular flexibility index (Phi) is 3.56. The van der Waals surface area contributed by atoms with Crippen LogP contribution in [0.5, 0.6) is 5.75 Å². The van der Waals surface area contributed by atoms with Crippen molar-refractivity contribution in [3.8, 4) is 16.9 Å². The summed E-state index contributed by atoms with van der Waals surface area (Å²) in [6.45, 7) is 4.09. The van der Waals surface area contributed by atoms with Gasteiger partial charge >= 0.3 is 5.97 Å². The number of carbonyl (C=O) groups is 1. The molecule has 2 rings (SSSR count). The fourth-order valence-corrected chi connectivity index (χ4v) is 2.17. The van der Waals surface area contributed by atoms with Crippen LogP contribution in [0.15, 0.2) is 36.4 Å². The van der Waals surface area contributed by atoms with E-state index in [0.29, 0.717) is 5.75 Å². The quantitative estimate of drug-likeness (QED) is 0.911.